The third-order valence-corrected chi connectivity index (χ3v) is 12.3. The van der Waals surface area contributed by atoms with Gasteiger partial charge in [-0.25, -0.2) is 15.0 Å². The second-order valence-electron chi connectivity index (χ2n) is 16.0. The molecule has 0 amide bonds. The van der Waals surface area contributed by atoms with Gasteiger partial charge in [-0.3, -0.25) is 0 Å². The van der Waals surface area contributed by atoms with E-state index in [0.717, 1.165) is 61.4 Å². The van der Waals surface area contributed by atoms with Crippen LogP contribution in [0.1, 0.15) is 22.8 Å². The molecule has 5 nitrogen and oxygen atoms in total. The van der Waals surface area contributed by atoms with Gasteiger partial charge in [0.05, 0.1) is 6.04 Å². The van der Waals surface area contributed by atoms with Crippen molar-refractivity contribution in [3.8, 4) is 67.5 Å². The summed E-state index contributed by atoms with van der Waals surface area (Å²) in [5.41, 5.74) is 15.3. The van der Waals surface area contributed by atoms with Crippen LogP contribution in [0.5, 0.6) is 0 Å². The number of para-hydroxylation sites is 1. The molecule has 0 saturated heterocycles. The molecule has 10 aromatic rings. The van der Waals surface area contributed by atoms with Gasteiger partial charge in [0.25, 0.3) is 0 Å². The molecule has 1 aliphatic carbocycles. The van der Waals surface area contributed by atoms with Crippen molar-refractivity contribution < 1.29 is 4.42 Å². The van der Waals surface area contributed by atoms with E-state index in [0.29, 0.717) is 17.5 Å². The fourth-order valence-corrected chi connectivity index (χ4v) is 9.35. The highest BCUT2D eigenvalue weighted by molar-refractivity contribution is 5.92. The molecule has 2 atom stereocenters. The van der Waals surface area contributed by atoms with Crippen LogP contribution in [0.3, 0.4) is 0 Å². The fraction of sp³-hybridized carbons (Fsp3) is 0.0351. The van der Waals surface area contributed by atoms with Crippen LogP contribution in [0, 0.1) is 0 Å². The van der Waals surface area contributed by atoms with E-state index >= 15 is 0 Å². The summed E-state index contributed by atoms with van der Waals surface area (Å²) in [6, 6.07) is 72.5. The first-order valence-electron chi connectivity index (χ1n) is 21.1. The highest BCUT2D eigenvalue weighted by Gasteiger charge is 2.43. The number of benzene rings is 8. The topological polar surface area (TPSA) is 55.1 Å². The Morgan fingerprint density at radius 2 is 0.871 bits per heavy atom. The molecule has 12 rings (SSSR count). The van der Waals surface area contributed by atoms with Gasteiger partial charge >= 0.3 is 0 Å². The summed E-state index contributed by atoms with van der Waals surface area (Å²) in [4.78, 5) is 18.0. The number of aromatic nitrogens is 3. The van der Waals surface area contributed by atoms with Gasteiger partial charge in [-0.2, -0.15) is 0 Å². The average molecular weight is 795 g/mol. The van der Waals surface area contributed by atoms with Crippen molar-refractivity contribution in [1.82, 2.24) is 15.0 Å². The summed E-state index contributed by atoms with van der Waals surface area (Å²) in [6.45, 7) is 0. The third-order valence-electron chi connectivity index (χ3n) is 12.3. The summed E-state index contributed by atoms with van der Waals surface area (Å²) < 4.78 is 6.76. The highest BCUT2D eigenvalue weighted by Crippen LogP contribution is 2.53. The maximum Gasteiger partial charge on any atom is 0.164 e. The van der Waals surface area contributed by atoms with Crippen LogP contribution in [0.4, 0.5) is 11.4 Å². The lowest BCUT2D eigenvalue weighted by atomic mass is 9.82. The monoisotopic (exact) mass is 794 g/mol. The lowest BCUT2D eigenvalue weighted by Crippen LogP contribution is -2.30. The van der Waals surface area contributed by atoms with Crippen LogP contribution in [0.2, 0.25) is 0 Å². The molecular weight excluding hydrogens is 757 g/mol. The molecule has 2 aromatic heterocycles. The molecule has 0 spiro atoms. The molecular formula is C57H38N4O. The van der Waals surface area contributed by atoms with Crippen molar-refractivity contribution in [3.05, 3.63) is 229 Å². The minimum Gasteiger partial charge on any atom is -0.456 e. The Morgan fingerprint density at radius 3 is 1.47 bits per heavy atom. The SMILES string of the molecule is C1=CC2C(c3ccccc3N2c2ccc(-c3ccccc3)cc2)c2c1oc1cc(-c3nc(-c4cccc(-c5ccccc5)c4)nc(-c4cccc(-c5ccccc5)c4)n3)ccc21. The van der Waals surface area contributed by atoms with E-state index < -0.39 is 0 Å². The zero-order valence-corrected chi connectivity index (χ0v) is 33.6. The van der Waals surface area contributed by atoms with Gasteiger partial charge in [0.1, 0.15) is 11.3 Å². The molecule has 62 heavy (non-hydrogen) atoms. The minimum absolute atomic E-state index is 0.0925. The number of anilines is 2. The van der Waals surface area contributed by atoms with Crippen molar-refractivity contribution in [3.63, 3.8) is 0 Å². The first-order chi connectivity index (χ1) is 30.7. The van der Waals surface area contributed by atoms with E-state index in [1.807, 2.05) is 12.1 Å². The van der Waals surface area contributed by atoms with Crippen LogP contribution in [0.15, 0.2) is 217 Å². The number of furan rings is 1. The summed E-state index contributed by atoms with van der Waals surface area (Å²) in [7, 11) is 0. The van der Waals surface area contributed by atoms with Crippen molar-refractivity contribution in [2.75, 3.05) is 4.90 Å². The Balaban J connectivity index is 0.951. The zero-order chi connectivity index (χ0) is 41.0. The van der Waals surface area contributed by atoms with Gasteiger partial charge in [-0.15, -0.1) is 0 Å². The van der Waals surface area contributed by atoms with Gasteiger partial charge in [0.2, 0.25) is 0 Å². The molecule has 0 fully saturated rings. The van der Waals surface area contributed by atoms with E-state index in [1.165, 1.54) is 27.9 Å². The number of rotatable bonds is 7. The molecule has 2 aliphatic rings. The predicted molar refractivity (Wildman–Crippen MR) is 252 cm³/mol. The number of nitrogens with zero attached hydrogens (tertiary/aromatic N) is 4. The second-order valence-corrected chi connectivity index (χ2v) is 16.0. The van der Waals surface area contributed by atoms with Crippen molar-refractivity contribution in [2.45, 2.75) is 12.0 Å². The van der Waals surface area contributed by atoms with Crippen molar-refractivity contribution in [2.24, 2.45) is 0 Å². The fourth-order valence-electron chi connectivity index (χ4n) is 9.35. The molecule has 2 unspecified atom stereocenters. The standard InChI is InChI=1S/C57H38N4O/c1-4-14-37(15-5-1)40-26-29-46(30-27-40)61-49-25-11-10-24-47(49)53-50(61)32-33-51-54(53)48-31-28-45(36-52(48)62-51)57-59-55(43-22-12-20-41(34-43)38-16-6-2-7-17-38)58-56(60-57)44-23-13-21-42(35-44)39-18-8-3-9-19-39/h1-36,50,53H. The van der Waals surface area contributed by atoms with Crippen LogP contribution in [-0.2, 0) is 0 Å². The average Bonchev–Trinajstić information content (AvgIpc) is 3.90. The van der Waals surface area contributed by atoms with E-state index in [-0.39, 0.29) is 12.0 Å². The molecule has 5 heteroatoms. The van der Waals surface area contributed by atoms with Crippen LogP contribution < -0.4 is 4.90 Å². The number of fused-ring (bicyclic) bond motifs is 7. The first-order valence-corrected chi connectivity index (χ1v) is 21.1. The Bertz CT molecular complexity index is 3200. The van der Waals surface area contributed by atoms with Gasteiger partial charge in [0.15, 0.2) is 17.5 Å². The van der Waals surface area contributed by atoms with Gasteiger partial charge in [0, 0.05) is 44.9 Å². The maximum absolute atomic E-state index is 6.76. The minimum atomic E-state index is 0.0925. The van der Waals surface area contributed by atoms with Crippen LogP contribution in [-0.4, -0.2) is 21.0 Å². The Labute approximate surface area is 360 Å². The Kier molecular flexibility index (Phi) is 8.56. The summed E-state index contributed by atoms with van der Waals surface area (Å²) >= 11 is 0. The van der Waals surface area contributed by atoms with Crippen LogP contribution in [0.25, 0.3) is 84.6 Å². The predicted octanol–water partition coefficient (Wildman–Crippen LogP) is 14.3. The van der Waals surface area contributed by atoms with Gasteiger partial charge in [-0.05, 0) is 81.4 Å². The summed E-state index contributed by atoms with van der Waals surface area (Å²) in [6.07, 6.45) is 4.46. The molecule has 8 aromatic carbocycles. The normalized spacial score (nSPS) is 15.0. The van der Waals surface area contributed by atoms with E-state index in [4.69, 9.17) is 19.4 Å². The Morgan fingerprint density at radius 1 is 0.403 bits per heavy atom. The molecule has 0 bridgehead atoms. The third kappa shape index (κ3) is 6.22. The number of hydrogen-bond acceptors (Lipinski definition) is 5. The van der Waals surface area contributed by atoms with Gasteiger partial charge in [-0.1, -0.05) is 176 Å². The maximum atomic E-state index is 6.76. The molecule has 0 saturated carbocycles. The molecule has 0 N–H and O–H groups in total. The van der Waals surface area contributed by atoms with E-state index in [9.17, 15) is 0 Å². The quantitative estimate of drug-likeness (QED) is 0.161. The van der Waals surface area contributed by atoms with Crippen molar-refractivity contribution >= 4 is 28.4 Å². The molecule has 0 radical (unpaired) electrons. The summed E-state index contributed by atoms with van der Waals surface area (Å²) in [5.74, 6) is 2.79. The highest BCUT2D eigenvalue weighted by atomic mass is 16.3. The first kappa shape index (κ1) is 35.8. The smallest absolute Gasteiger partial charge is 0.164 e. The van der Waals surface area contributed by atoms with Crippen molar-refractivity contribution in [1.29, 1.82) is 0 Å². The largest absolute Gasteiger partial charge is 0.456 e. The number of hydrogen-bond donors (Lipinski definition) is 0. The van der Waals surface area contributed by atoms with E-state index in [2.05, 4.69) is 211 Å². The lowest BCUT2D eigenvalue weighted by Gasteiger charge is -2.30. The van der Waals surface area contributed by atoms with Gasteiger partial charge < -0.3 is 9.32 Å². The second kappa shape index (κ2) is 14.8. The van der Waals surface area contributed by atoms with E-state index in [1.54, 1.807) is 0 Å². The lowest BCUT2D eigenvalue weighted by molar-refractivity contribution is 0.584. The molecule has 3 heterocycles. The zero-order valence-electron chi connectivity index (χ0n) is 33.6. The molecule has 292 valence electrons. The Hall–Kier alpha value is -8.15. The van der Waals surface area contributed by atoms with Crippen LogP contribution >= 0.6 is 0 Å². The summed E-state index contributed by atoms with van der Waals surface area (Å²) in [5, 5.41) is 1.10. The molecule has 1 aliphatic heterocycles.